The number of amides is 2. The molecule has 3 aliphatic rings. The molecule has 1 saturated carbocycles. The van der Waals surface area contributed by atoms with Gasteiger partial charge in [0.2, 0.25) is 11.6 Å². The molecule has 0 bridgehead atoms. The third kappa shape index (κ3) is 7.47. The predicted molar refractivity (Wildman–Crippen MR) is 204 cm³/mol. The quantitative estimate of drug-likeness (QED) is 0.166. The van der Waals surface area contributed by atoms with Crippen LogP contribution in [0.2, 0.25) is 0 Å². The average molecular weight is 755 g/mol. The number of hydrogen-bond acceptors (Lipinski definition) is 11. The number of carbonyl (C=O) groups excluding carboxylic acids is 2. The normalized spacial score (nSPS) is 22.6. The maximum Gasteiger partial charge on any atom is 0.268 e. The van der Waals surface area contributed by atoms with Gasteiger partial charge in [-0.05, 0) is 101 Å². The minimum absolute atomic E-state index is 0.00448. The number of nitrogens with zero attached hydrogens (tertiary/aromatic N) is 10. The molecule has 56 heavy (non-hydrogen) atoms. The Morgan fingerprint density at radius 2 is 1.79 bits per heavy atom. The van der Waals surface area contributed by atoms with Gasteiger partial charge in [0.1, 0.15) is 17.8 Å². The van der Waals surface area contributed by atoms with Gasteiger partial charge in [-0.15, -0.1) is 5.10 Å². The SMILES string of the molecule is C[C@H](C#N)Nc1cc(-n2ncc3cc(C#N)cnc32)ncc1-n1cc(C2CCC(CCN3CCC(c4ccc([C@]5(F)CCC(=O)NC5=O)cc4)CC3)CC2)nn1. The zero-order chi connectivity index (χ0) is 38.8. The van der Waals surface area contributed by atoms with Crippen LogP contribution in [0, 0.1) is 28.6 Å². The first-order valence-electron chi connectivity index (χ1n) is 19.4. The standard InChI is InChI=1S/C41H43FN12O2/c1-26(20-43)48-34-19-37(54-39-32(23-47-54)18-28(21-44)22-46-39)45-24-36(34)53-25-35(50-51-53)31-4-2-27(3-5-31)11-15-52-16-12-30(13-17-52)29-6-8-33(9-7-29)41(42)14-10-38(55)49-40(41)56/h6-9,18-19,22-27,30-31H,2-5,10-17H2,1H3,(H,45,48)(H,49,55,56)/t26-,27?,31?,41-/m1/s1. The summed E-state index contributed by atoms with van der Waals surface area (Å²) in [7, 11) is 0. The number of alkyl halides is 1. The van der Waals surface area contributed by atoms with Crippen molar-refractivity contribution in [3.63, 3.8) is 0 Å². The van der Waals surface area contributed by atoms with Crippen molar-refractivity contribution in [1.29, 1.82) is 10.5 Å². The second-order valence-corrected chi connectivity index (χ2v) is 15.4. The fourth-order valence-electron chi connectivity index (χ4n) is 8.43. The summed E-state index contributed by atoms with van der Waals surface area (Å²) in [6.45, 7) is 4.92. The Bertz CT molecular complexity index is 2330. The minimum Gasteiger partial charge on any atom is -0.368 e. The van der Waals surface area contributed by atoms with E-state index in [0.29, 0.717) is 51.7 Å². The molecule has 8 rings (SSSR count). The number of nitriles is 2. The summed E-state index contributed by atoms with van der Waals surface area (Å²) in [6.07, 6.45) is 14.4. The zero-order valence-corrected chi connectivity index (χ0v) is 31.2. The number of aromatic nitrogens is 7. The highest BCUT2D eigenvalue weighted by Crippen LogP contribution is 2.38. The zero-order valence-electron chi connectivity index (χ0n) is 31.2. The van der Waals surface area contributed by atoms with Gasteiger partial charge in [0.25, 0.3) is 5.91 Å². The van der Waals surface area contributed by atoms with E-state index in [2.05, 4.69) is 53.1 Å². The van der Waals surface area contributed by atoms with Crippen LogP contribution < -0.4 is 10.6 Å². The van der Waals surface area contributed by atoms with Gasteiger partial charge in [0.15, 0.2) is 11.5 Å². The van der Waals surface area contributed by atoms with Crippen LogP contribution in [-0.2, 0) is 15.3 Å². The van der Waals surface area contributed by atoms with Gasteiger partial charge < -0.3 is 10.2 Å². The lowest BCUT2D eigenvalue weighted by atomic mass is 9.79. The molecule has 0 radical (unpaired) electrons. The van der Waals surface area contributed by atoms with Crippen molar-refractivity contribution in [2.75, 3.05) is 25.0 Å². The number of halogens is 1. The van der Waals surface area contributed by atoms with Crippen molar-refractivity contribution in [3.8, 4) is 23.6 Å². The first-order valence-corrected chi connectivity index (χ1v) is 19.4. The van der Waals surface area contributed by atoms with E-state index in [4.69, 9.17) is 0 Å². The van der Waals surface area contributed by atoms with Gasteiger partial charge in [0.05, 0.1) is 41.6 Å². The number of nitrogens with one attached hydrogen (secondary N) is 2. The molecule has 2 aliphatic heterocycles. The number of piperidine rings is 2. The molecular formula is C41H43FN12O2. The summed E-state index contributed by atoms with van der Waals surface area (Å²) in [5.74, 6) is 0.627. The van der Waals surface area contributed by atoms with Crippen LogP contribution in [0.25, 0.3) is 22.5 Å². The topological polar surface area (TPSA) is 183 Å². The van der Waals surface area contributed by atoms with Crippen LogP contribution in [0.4, 0.5) is 10.1 Å². The first-order chi connectivity index (χ1) is 27.2. The molecule has 0 unspecified atom stereocenters. The summed E-state index contributed by atoms with van der Waals surface area (Å²) < 4.78 is 18.8. The van der Waals surface area contributed by atoms with Crippen LogP contribution in [0.3, 0.4) is 0 Å². The number of hydrogen-bond donors (Lipinski definition) is 2. The Morgan fingerprint density at radius 1 is 1.00 bits per heavy atom. The maximum atomic E-state index is 15.5. The molecule has 1 aromatic carbocycles. The van der Waals surface area contributed by atoms with E-state index >= 15 is 4.39 Å². The van der Waals surface area contributed by atoms with E-state index in [0.717, 1.165) is 69.2 Å². The second-order valence-electron chi connectivity index (χ2n) is 15.4. The van der Waals surface area contributed by atoms with E-state index < -0.39 is 23.5 Å². The molecular weight excluding hydrogens is 712 g/mol. The van der Waals surface area contributed by atoms with Gasteiger partial charge in [-0.1, -0.05) is 29.5 Å². The molecule has 286 valence electrons. The highest BCUT2D eigenvalue weighted by atomic mass is 19.1. The number of fused-ring (bicyclic) bond motifs is 1. The molecule has 4 aromatic heterocycles. The summed E-state index contributed by atoms with van der Waals surface area (Å²) in [4.78, 5) is 35.4. The summed E-state index contributed by atoms with van der Waals surface area (Å²) in [5, 5.41) is 38.5. The molecule has 6 heterocycles. The van der Waals surface area contributed by atoms with Gasteiger partial charge in [0, 0.05) is 36.4 Å². The van der Waals surface area contributed by atoms with E-state index in [9.17, 15) is 20.1 Å². The Hall–Kier alpha value is -6.06. The van der Waals surface area contributed by atoms with Crippen LogP contribution in [-0.4, -0.2) is 77.1 Å². The fourth-order valence-corrected chi connectivity index (χ4v) is 8.43. The van der Waals surface area contributed by atoms with Crippen LogP contribution >= 0.6 is 0 Å². The van der Waals surface area contributed by atoms with Crippen molar-refractivity contribution in [2.45, 2.75) is 88.3 Å². The Kier molecular flexibility index (Phi) is 10.3. The molecule has 1 aliphatic carbocycles. The molecule has 2 N–H and O–H groups in total. The molecule has 14 nitrogen and oxygen atoms in total. The third-order valence-electron chi connectivity index (χ3n) is 11.8. The van der Waals surface area contributed by atoms with Crippen molar-refractivity contribution >= 4 is 28.5 Å². The van der Waals surface area contributed by atoms with Crippen LogP contribution in [0.15, 0.2) is 61.2 Å². The van der Waals surface area contributed by atoms with Crippen molar-refractivity contribution in [2.24, 2.45) is 5.92 Å². The van der Waals surface area contributed by atoms with E-state index in [1.54, 1.807) is 46.9 Å². The Balaban J connectivity index is 0.838. The number of pyridine rings is 2. The summed E-state index contributed by atoms with van der Waals surface area (Å²) in [5.41, 5.74) is 2.63. The number of anilines is 1. The van der Waals surface area contributed by atoms with Gasteiger partial charge in [-0.25, -0.2) is 19.0 Å². The van der Waals surface area contributed by atoms with Crippen molar-refractivity contribution in [3.05, 3.63) is 83.6 Å². The highest BCUT2D eigenvalue weighted by molar-refractivity contribution is 6.02. The van der Waals surface area contributed by atoms with Crippen LogP contribution in [0.1, 0.15) is 98.9 Å². The molecule has 2 amide bonds. The van der Waals surface area contributed by atoms with E-state index in [-0.39, 0.29) is 12.8 Å². The van der Waals surface area contributed by atoms with Gasteiger partial charge in [-0.2, -0.15) is 20.3 Å². The minimum atomic E-state index is -2.15. The Labute approximate surface area is 323 Å². The lowest BCUT2D eigenvalue weighted by molar-refractivity contribution is -0.144. The molecule has 5 aromatic rings. The molecule has 15 heteroatoms. The number of imide groups is 1. The largest absolute Gasteiger partial charge is 0.368 e. The monoisotopic (exact) mass is 754 g/mol. The average Bonchev–Trinajstić information content (AvgIpc) is 3.90. The lowest BCUT2D eigenvalue weighted by Crippen LogP contribution is -2.49. The van der Waals surface area contributed by atoms with Gasteiger partial charge >= 0.3 is 0 Å². The predicted octanol–water partition coefficient (Wildman–Crippen LogP) is 5.74. The molecule has 0 spiro atoms. The Morgan fingerprint density at radius 3 is 2.52 bits per heavy atom. The lowest BCUT2D eigenvalue weighted by Gasteiger charge is -2.34. The molecule has 2 saturated heterocycles. The van der Waals surface area contributed by atoms with E-state index in [1.807, 2.05) is 24.4 Å². The van der Waals surface area contributed by atoms with Crippen molar-refractivity contribution < 1.29 is 14.0 Å². The smallest absolute Gasteiger partial charge is 0.268 e. The van der Waals surface area contributed by atoms with E-state index in [1.165, 1.54) is 18.2 Å². The number of carbonyl (C=O) groups is 2. The molecule has 2 atom stereocenters. The summed E-state index contributed by atoms with van der Waals surface area (Å²) >= 11 is 0. The van der Waals surface area contributed by atoms with Crippen molar-refractivity contribution in [1.82, 2.24) is 45.0 Å². The number of rotatable bonds is 10. The second kappa shape index (κ2) is 15.6. The van der Waals surface area contributed by atoms with Crippen LogP contribution in [0.5, 0.6) is 0 Å². The number of benzene rings is 1. The summed E-state index contributed by atoms with van der Waals surface area (Å²) in [6, 6.07) is 14.7. The fraction of sp³-hybridized carbons (Fsp3) is 0.439. The maximum absolute atomic E-state index is 15.5. The van der Waals surface area contributed by atoms with Gasteiger partial charge in [-0.3, -0.25) is 14.9 Å². The third-order valence-corrected chi connectivity index (χ3v) is 11.8. The first kappa shape index (κ1) is 36.9. The number of likely N-dealkylation sites (tertiary alicyclic amines) is 1. The highest BCUT2D eigenvalue weighted by Gasteiger charge is 2.44. The molecule has 3 fully saturated rings.